The molecule has 0 fully saturated rings. The van der Waals surface area contributed by atoms with E-state index >= 15 is 13.2 Å². The van der Waals surface area contributed by atoms with E-state index in [0.29, 0.717) is 27.9 Å². The number of hydrogen-bond donors (Lipinski definition) is 0. The molecule has 2 heterocycles. The second kappa shape index (κ2) is 10.1. The van der Waals surface area contributed by atoms with Crippen LogP contribution in [0.5, 0.6) is 0 Å². The molecule has 46 heavy (non-hydrogen) atoms. The van der Waals surface area contributed by atoms with Crippen molar-refractivity contribution >= 4 is 43.6 Å². The number of rotatable bonds is 3. The summed E-state index contributed by atoms with van der Waals surface area (Å²) in [5, 5.41) is 13.5. The van der Waals surface area contributed by atoms with E-state index in [1.54, 1.807) is 28.8 Å². The largest absolute Gasteiger partial charge is 0.418 e. The van der Waals surface area contributed by atoms with Gasteiger partial charge in [-0.1, -0.05) is 84.9 Å². The van der Waals surface area contributed by atoms with Gasteiger partial charge in [-0.05, 0) is 66.9 Å². The van der Waals surface area contributed by atoms with Gasteiger partial charge in [-0.15, -0.1) is 0 Å². The molecule has 0 N–H and O–H groups in total. The van der Waals surface area contributed by atoms with Gasteiger partial charge in [-0.3, -0.25) is 0 Å². The highest BCUT2D eigenvalue weighted by Gasteiger charge is 2.37. The summed E-state index contributed by atoms with van der Waals surface area (Å²) in [7, 11) is 0. The van der Waals surface area contributed by atoms with Gasteiger partial charge in [0, 0.05) is 27.1 Å². The molecule has 0 atom stereocenters. The molecule has 0 aliphatic carbocycles. The first-order valence-electron chi connectivity index (χ1n) is 15.0. The minimum Gasteiger partial charge on any atom is -0.308 e. The summed E-state index contributed by atoms with van der Waals surface area (Å²) in [6.07, 6.45) is -4.68. The first kappa shape index (κ1) is 27.7. The third-order valence-corrected chi connectivity index (χ3v) is 9.00. The van der Waals surface area contributed by atoms with Gasteiger partial charge in [0.15, 0.2) is 0 Å². The lowest BCUT2D eigenvalue weighted by molar-refractivity contribution is -0.137. The Morgan fingerprint density at radius 1 is 0.565 bits per heavy atom. The van der Waals surface area contributed by atoms with E-state index in [2.05, 4.69) is 6.07 Å². The van der Waals surface area contributed by atoms with Gasteiger partial charge in [0.2, 0.25) is 0 Å². The third kappa shape index (κ3) is 4.05. The molecule has 0 saturated heterocycles. The van der Waals surface area contributed by atoms with Crippen LogP contribution in [0.4, 0.5) is 13.2 Å². The highest BCUT2D eigenvalue weighted by molar-refractivity contribution is 6.12. The summed E-state index contributed by atoms with van der Waals surface area (Å²) in [6.45, 7) is 3.91. The average molecular weight is 606 g/mol. The van der Waals surface area contributed by atoms with Crippen LogP contribution in [-0.4, -0.2) is 9.13 Å². The number of para-hydroxylation sites is 4. The Morgan fingerprint density at radius 3 is 1.65 bits per heavy atom. The molecule has 0 aliphatic heterocycles. The topological polar surface area (TPSA) is 33.6 Å². The van der Waals surface area contributed by atoms with Crippen molar-refractivity contribution in [2.24, 2.45) is 0 Å². The van der Waals surface area contributed by atoms with Crippen LogP contribution in [-0.2, 0) is 6.18 Å². The summed E-state index contributed by atoms with van der Waals surface area (Å²) in [5.41, 5.74) is 6.23. The van der Waals surface area contributed by atoms with Gasteiger partial charge in [0.25, 0.3) is 0 Å². The number of alkyl halides is 3. The highest BCUT2D eigenvalue weighted by Crippen LogP contribution is 2.45. The maximum absolute atomic E-state index is 15.5. The fourth-order valence-electron chi connectivity index (χ4n) is 7.04. The summed E-state index contributed by atoms with van der Waals surface area (Å²) in [4.78, 5) is 0. The number of nitrogens with zero attached hydrogens (tertiary/aromatic N) is 3. The molecule has 0 radical (unpaired) electrons. The molecule has 8 rings (SSSR count). The van der Waals surface area contributed by atoms with Crippen molar-refractivity contribution in [2.75, 3.05) is 0 Å². The van der Waals surface area contributed by atoms with Gasteiger partial charge < -0.3 is 9.13 Å². The molecule has 6 heteroatoms. The smallest absolute Gasteiger partial charge is 0.308 e. The first-order chi connectivity index (χ1) is 22.3. The van der Waals surface area contributed by atoms with Crippen LogP contribution in [0.25, 0.3) is 66.1 Å². The zero-order valence-electron chi connectivity index (χ0n) is 25.0. The van der Waals surface area contributed by atoms with Crippen molar-refractivity contribution < 1.29 is 13.2 Å². The Balaban J connectivity index is 1.60. The molecule has 0 aliphatic rings. The number of hydrogen-bond acceptors (Lipinski definition) is 1. The number of aromatic nitrogens is 2. The second-order valence-electron chi connectivity index (χ2n) is 11.7. The van der Waals surface area contributed by atoms with Crippen molar-refractivity contribution in [1.82, 2.24) is 9.13 Å². The standard InChI is InChI=1S/C40H26F3N3/c1-24-10-7-16-30-28-14-3-5-18-34(28)45(38(24)30)36-22-33(40(41,42)43)37(21-32(36)27-13-9-12-26(20-27)23-44)46-35-19-6-4-15-29(35)31-17-8-11-25(2)39(31)46/h3-22H,1-2H3. The lowest BCUT2D eigenvalue weighted by Crippen LogP contribution is -2.13. The van der Waals surface area contributed by atoms with Gasteiger partial charge in [0.1, 0.15) is 0 Å². The van der Waals surface area contributed by atoms with Crippen LogP contribution in [0.3, 0.4) is 0 Å². The number of nitriles is 1. The molecule has 0 amide bonds. The Bertz CT molecular complexity index is 2560. The van der Waals surface area contributed by atoms with Crippen LogP contribution in [0.1, 0.15) is 22.3 Å². The maximum atomic E-state index is 15.5. The Hall–Kier alpha value is -5.80. The Morgan fingerprint density at radius 2 is 1.09 bits per heavy atom. The Labute approximate surface area is 263 Å². The van der Waals surface area contributed by atoms with Crippen LogP contribution in [0.2, 0.25) is 0 Å². The summed E-state index contributed by atoms with van der Waals surface area (Å²) < 4.78 is 50.1. The van der Waals surface area contributed by atoms with Crippen molar-refractivity contribution in [3.8, 4) is 28.6 Å². The van der Waals surface area contributed by atoms with E-state index in [9.17, 15) is 5.26 Å². The van der Waals surface area contributed by atoms with E-state index in [1.807, 2.05) is 109 Å². The molecule has 0 unspecified atom stereocenters. The van der Waals surface area contributed by atoms with Crippen molar-refractivity contribution in [1.29, 1.82) is 5.26 Å². The lowest BCUT2D eigenvalue weighted by atomic mass is 9.97. The van der Waals surface area contributed by atoms with Gasteiger partial charge in [-0.25, -0.2) is 0 Å². The van der Waals surface area contributed by atoms with Gasteiger partial charge in [0.05, 0.1) is 50.6 Å². The molecule has 3 nitrogen and oxygen atoms in total. The molecular weight excluding hydrogens is 579 g/mol. The molecular formula is C40H26F3N3. The number of aryl methyl sites for hydroxylation is 2. The SMILES string of the molecule is Cc1cccc2c3ccccc3n(-c3cc(C(F)(F)F)c(-n4c5ccccc5c5cccc(C)c54)cc3-c3cccc(C#N)c3)c12. The maximum Gasteiger partial charge on any atom is 0.418 e. The van der Waals surface area contributed by atoms with Crippen LogP contribution in [0.15, 0.2) is 121 Å². The zero-order chi connectivity index (χ0) is 31.7. The van der Waals surface area contributed by atoms with Crippen LogP contribution in [0, 0.1) is 25.2 Å². The molecule has 0 bridgehead atoms. The fourth-order valence-corrected chi connectivity index (χ4v) is 7.04. The van der Waals surface area contributed by atoms with E-state index < -0.39 is 11.7 Å². The Kier molecular flexibility index (Phi) is 6.10. The molecule has 2 aromatic heterocycles. The van der Waals surface area contributed by atoms with Crippen molar-refractivity contribution in [2.45, 2.75) is 20.0 Å². The predicted molar refractivity (Wildman–Crippen MR) is 180 cm³/mol. The van der Waals surface area contributed by atoms with Gasteiger partial charge >= 0.3 is 6.18 Å². The predicted octanol–water partition coefficient (Wildman–Crippen LogP) is 11.1. The van der Waals surface area contributed by atoms with E-state index in [1.165, 1.54) is 6.07 Å². The third-order valence-electron chi connectivity index (χ3n) is 9.00. The molecule has 222 valence electrons. The number of benzene rings is 6. The minimum atomic E-state index is -4.68. The van der Waals surface area contributed by atoms with Gasteiger partial charge in [-0.2, -0.15) is 18.4 Å². The van der Waals surface area contributed by atoms with Crippen LogP contribution >= 0.6 is 0 Å². The van der Waals surface area contributed by atoms with Crippen LogP contribution < -0.4 is 0 Å². The molecule has 8 aromatic rings. The van der Waals surface area contributed by atoms with E-state index in [-0.39, 0.29) is 5.69 Å². The van der Waals surface area contributed by atoms with Crippen molar-refractivity contribution in [3.05, 3.63) is 144 Å². The fraction of sp³-hybridized carbons (Fsp3) is 0.0750. The normalized spacial score (nSPS) is 12.0. The quantitative estimate of drug-likeness (QED) is 0.197. The first-order valence-corrected chi connectivity index (χ1v) is 15.0. The molecule has 6 aromatic carbocycles. The average Bonchev–Trinajstić information content (AvgIpc) is 3.59. The van der Waals surface area contributed by atoms with Crippen molar-refractivity contribution in [3.63, 3.8) is 0 Å². The number of halogens is 3. The summed E-state index contributed by atoms with van der Waals surface area (Å²) in [5.74, 6) is 0. The molecule has 0 spiro atoms. The highest BCUT2D eigenvalue weighted by atomic mass is 19.4. The monoisotopic (exact) mass is 605 g/mol. The second-order valence-corrected chi connectivity index (χ2v) is 11.7. The summed E-state index contributed by atoms with van der Waals surface area (Å²) in [6, 6.07) is 39.4. The van der Waals surface area contributed by atoms with E-state index in [0.717, 1.165) is 49.2 Å². The lowest BCUT2D eigenvalue weighted by Gasteiger charge is -2.22. The minimum absolute atomic E-state index is 0.0339. The number of fused-ring (bicyclic) bond motifs is 6. The zero-order valence-corrected chi connectivity index (χ0v) is 25.0. The molecule has 0 saturated carbocycles. The van der Waals surface area contributed by atoms with E-state index in [4.69, 9.17) is 0 Å². The summed E-state index contributed by atoms with van der Waals surface area (Å²) >= 11 is 0.